The van der Waals surface area contributed by atoms with Gasteiger partial charge in [0.15, 0.2) is 5.71 Å². The lowest BCUT2D eigenvalue weighted by atomic mass is 9.79. The largest absolute Gasteiger partial charge is 0.344 e. The molecule has 0 radical (unpaired) electrons. The number of aromatic nitrogens is 2. The summed E-state index contributed by atoms with van der Waals surface area (Å²) in [6.45, 7) is 15.4. The zero-order chi connectivity index (χ0) is 45.8. The summed E-state index contributed by atoms with van der Waals surface area (Å²) in [5, 5.41) is 4.91. The smallest absolute Gasteiger partial charge is 0.210 e. The van der Waals surface area contributed by atoms with Crippen LogP contribution in [-0.2, 0) is 20.7 Å². The number of hydrogen-bond acceptors (Lipinski definition) is 5. The Morgan fingerprint density at radius 1 is 0.606 bits per heavy atom. The highest BCUT2D eigenvalue weighted by molar-refractivity contribution is 7.96. The first-order valence-corrected chi connectivity index (χ1v) is 25.3. The van der Waals surface area contributed by atoms with E-state index in [1.54, 1.807) is 24.3 Å². The lowest BCUT2D eigenvalue weighted by Crippen LogP contribution is -2.28. The van der Waals surface area contributed by atoms with Crippen LogP contribution in [0.3, 0.4) is 0 Å². The van der Waals surface area contributed by atoms with Gasteiger partial charge in [-0.25, -0.2) is 18.4 Å². The minimum Gasteiger partial charge on any atom is -0.344 e. The topological polar surface area (TPSA) is 66.2 Å². The van der Waals surface area contributed by atoms with Gasteiger partial charge in [-0.15, -0.1) is 0 Å². The van der Waals surface area contributed by atoms with E-state index in [-0.39, 0.29) is 20.6 Å². The van der Waals surface area contributed by atoms with E-state index in [2.05, 4.69) is 136 Å². The van der Waals surface area contributed by atoms with Gasteiger partial charge in [0.2, 0.25) is 15.5 Å². The third-order valence-corrected chi connectivity index (χ3v) is 16.1. The molecule has 66 heavy (non-hydrogen) atoms. The molecule has 3 aliphatic rings. The van der Waals surface area contributed by atoms with Gasteiger partial charge in [0.05, 0.1) is 37.6 Å². The molecule has 7 aromatic rings. The molecule has 3 heterocycles. The molecule has 7 heteroatoms. The van der Waals surface area contributed by atoms with Crippen LogP contribution in [0.2, 0.25) is 0 Å². The van der Waals surface area contributed by atoms with Crippen molar-refractivity contribution in [3.05, 3.63) is 185 Å². The number of rotatable bonds is 13. The Labute approximate surface area is 390 Å². The summed E-state index contributed by atoms with van der Waals surface area (Å²) in [7, 11) is -4.13. The summed E-state index contributed by atoms with van der Waals surface area (Å²) in [4.78, 5) is 13.5. The molecule has 0 saturated carbocycles. The van der Waals surface area contributed by atoms with Crippen molar-refractivity contribution in [2.24, 2.45) is 0 Å². The molecular formula is C59H59N4O2S+. The third-order valence-electron chi connectivity index (χ3n) is 14.2. The van der Waals surface area contributed by atoms with E-state index >= 15 is 8.42 Å². The molecular weight excluding hydrogens is 829 g/mol. The highest BCUT2D eigenvalue weighted by atomic mass is 32.2. The number of fused-ring (bicyclic) bond motifs is 8. The van der Waals surface area contributed by atoms with E-state index < -0.39 is 9.84 Å². The second kappa shape index (κ2) is 17.1. The third kappa shape index (κ3) is 7.14. The maximum absolute atomic E-state index is 15.6. The van der Waals surface area contributed by atoms with E-state index in [4.69, 9.17) is 9.97 Å². The van der Waals surface area contributed by atoms with Gasteiger partial charge in [0.1, 0.15) is 6.54 Å². The molecule has 0 fully saturated rings. The number of benzene rings is 6. The van der Waals surface area contributed by atoms with Gasteiger partial charge in [0.25, 0.3) is 0 Å². The van der Waals surface area contributed by atoms with Crippen LogP contribution in [0.4, 0.5) is 11.4 Å². The van der Waals surface area contributed by atoms with E-state index in [0.29, 0.717) is 33.6 Å². The Hall–Kier alpha value is -6.44. The Kier molecular flexibility index (Phi) is 11.2. The molecule has 0 bridgehead atoms. The standard InChI is InChI=1S/C59H59N4O2S/c1-7-9-20-38-62-49-34-30-40-22-14-16-26-43(40)53(49)58(3,4)51(62)36-32-45-55-56(61-48-29-19-18-28-47(48)60-55)46(57(45)66(64,65)42-24-12-11-13-25-42)33-37-52-59(5,6)54-44-27-17-15-23-41(44)31-35-50(54)63(52)39-21-10-8-2/h11-19,22-37H,7-10,20-21,38-39H2,1-6H3/q+1. The van der Waals surface area contributed by atoms with Gasteiger partial charge in [-0.3, -0.25) is 0 Å². The van der Waals surface area contributed by atoms with Crippen molar-refractivity contribution in [3.8, 4) is 0 Å². The van der Waals surface area contributed by atoms with Gasteiger partial charge in [-0.05, 0) is 108 Å². The van der Waals surface area contributed by atoms with E-state index in [1.165, 1.54) is 44.0 Å². The van der Waals surface area contributed by atoms with Gasteiger partial charge in [-0.2, -0.15) is 4.58 Å². The van der Waals surface area contributed by atoms with Crippen LogP contribution in [0.15, 0.2) is 167 Å². The fourth-order valence-corrected chi connectivity index (χ4v) is 12.6. The zero-order valence-corrected chi connectivity index (χ0v) is 39.9. The van der Waals surface area contributed by atoms with Gasteiger partial charge in [-0.1, -0.05) is 132 Å². The quantitative estimate of drug-likeness (QED) is 0.0852. The average molecular weight is 888 g/mol. The number of hydrogen-bond donors (Lipinski definition) is 0. The van der Waals surface area contributed by atoms with Gasteiger partial charge < -0.3 is 4.90 Å². The molecule has 0 spiro atoms. The van der Waals surface area contributed by atoms with Crippen LogP contribution in [-0.4, -0.2) is 41.8 Å². The maximum Gasteiger partial charge on any atom is 0.210 e. The van der Waals surface area contributed by atoms with Crippen molar-refractivity contribution in [1.29, 1.82) is 0 Å². The van der Waals surface area contributed by atoms with Crippen LogP contribution in [0.1, 0.15) is 103 Å². The first kappa shape index (κ1) is 43.5. The van der Waals surface area contributed by atoms with Crippen molar-refractivity contribution in [1.82, 2.24) is 9.97 Å². The SMILES string of the molecule is CCCCCN1/C(=C/C=C2C(S(=O)(=O)c3ccccc3)=C(/C=C/C3=[N+](CCCCC)c4ccc5ccccc5c4C3(C)C)c3nc4ccccc4nc3/2)C(C)(C)c2c1ccc1ccccc21. The molecule has 1 aliphatic carbocycles. The molecule has 1 aromatic heterocycles. The highest BCUT2D eigenvalue weighted by Crippen LogP contribution is 2.52. The van der Waals surface area contributed by atoms with Crippen molar-refractivity contribution in [3.63, 3.8) is 0 Å². The lowest BCUT2D eigenvalue weighted by Gasteiger charge is -2.27. The molecule has 6 aromatic carbocycles. The molecule has 0 saturated heterocycles. The summed E-state index contributed by atoms with van der Waals surface area (Å²) in [5.41, 5.74) is 10.2. The summed E-state index contributed by atoms with van der Waals surface area (Å²) < 4.78 is 33.6. The van der Waals surface area contributed by atoms with Crippen molar-refractivity contribution in [2.45, 2.75) is 95.8 Å². The van der Waals surface area contributed by atoms with Crippen LogP contribution in [0.25, 0.3) is 43.7 Å². The van der Waals surface area contributed by atoms with Crippen LogP contribution in [0.5, 0.6) is 0 Å². The van der Waals surface area contributed by atoms with Gasteiger partial charge in [0, 0.05) is 58.6 Å². The second-order valence-corrected chi connectivity index (χ2v) is 21.0. The lowest BCUT2D eigenvalue weighted by molar-refractivity contribution is -0.438. The minimum atomic E-state index is -4.13. The predicted octanol–water partition coefficient (Wildman–Crippen LogP) is 14.2. The molecule has 332 valence electrons. The van der Waals surface area contributed by atoms with Crippen molar-refractivity contribution in [2.75, 3.05) is 18.0 Å². The van der Waals surface area contributed by atoms with E-state index in [1.807, 2.05) is 42.5 Å². The minimum absolute atomic E-state index is 0.223. The van der Waals surface area contributed by atoms with Crippen LogP contribution >= 0.6 is 0 Å². The maximum atomic E-state index is 15.6. The first-order valence-electron chi connectivity index (χ1n) is 23.9. The fourth-order valence-electron chi connectivity index (χ4n) is 11.0. The average Bonchev–Trinajstić information content (AvgIpc) is 3.84. The predicted molar refractivity (Wildman–Crippen MR) is 275 cm³/mol. The molecule has 2 aliphatic heterocycles. The molecule has 0 atom stereocenters. The summed E-state index contributed by atoms with van der Waals surface area (Å²) in [6.07, 6.45) is 15.0. The molecule has 10 rings (SSSR count). The monoisotopic (exact) mass is 887 g/mol. The molecule has 0 unspecified atom stereocenters. The van der Waals surface area contributed by atoms with Gasteiger partial charge >= 0.3 is 0 Å². The Bertz CT molecular complexity index is 3350. The summed E-state index contributed by atoms with van der Waals surface area (Å²) in [5.74, 6) is 0. The number of nitrogens with zero attached hydrogens (tertiary/aromatic N) is 4. The normalized spacial score (nSPS) is 17.6. The Morgan fingerprint density at radius 3 is 1.91 bits per heavy atom. The number of anilines is 1. The van der Waals surface area contributed by atoms with Crippen molar-refractivity contribution >= 4 is 70.6 Å². The number of sulfone groups is 1. The highest BCUT2D eigenvalue weighted by Gasteiger charge is 2.46. The zero-order valence-electron chi connectivity index (χ0n) is 39.1. The van der Waals surface area contributed by atoms with Crippen LogP contribution in [0, 0.1) is 0 Å². The summed E-state index contributed by atoms with van der Waals surface area (Å²) in [6, 6.07) is 43.0. The second-order valence-electron chi connectivity index (χ2n) is 19.1. The Morgan fingerprint density at radius 2 is 1.21 bits per heavy atom. The van der Waals surface area contributed by atoms with Crippen molar-refractivity contribution < 1.29 is 13.0 Å². The number of allylic oxidation sites excluding steroid dienone is 7. The molecule has 6 nitrogen and oxygen atoms in total. The Balaban J connectivity index is 1.22. The number of para-hydroxylation sites is 2. The van der Waals surface area contributed by atoms with Crippen LogP contribution < -0.4 is 4.90 Å². The molecule has 0 amide bonds. The summed E-state index contributed by atoms with van der Waals surface area (Å²) >= 11 is 0. The van der Waals surface area contributed by atoms with E-state index in [9.17, 15) is 0 Å². The van der Waals surface area contributed by atoms with E-state index in [0.717, 1.165) is 63.0 Å². The number of unbranched alkanes of at least 4 members (excludes halogenated alkanes) is 4. The fraction of sp³-hybridized carbons (Fsp3) is 0.271. The molecule has 0 N–H and O–H groups in total. The first-order chi connectivity index (χ1) is 32.0.